The number of aliphatic carboxylic acids is 1. The zero-order valence-corrected chi connectivity index (χ0v) is 48.8. The zero-order chi connectivity index (χ0) is 53.2. The number of carbonyl (C=O) groups is 3. The molecule has 4 saturated heterocycles. The molecular weight excluding hydrogens is 952 g/mol. The predicted octanol–water partition coefficient (Wildman–Crippen LogP) is 5.59. The van der Waals surface area contributed by atoms with Gasteiger partial charge in [0.05, 0.1) is 47.8 Å². The summed E-state index contributed by atoms with van der Waals surface area (Å²) in [6.45, 7) is 21.7. The van der Waals surface area contributed by atoms with Gasteiger partial charge in [0.25, 0.3) is 0 Å². The summed E-state index contributed by atoms with van der Waals surface area (Å²) in [4.78, 5) is 38.5. The van der Waals surface area contributed by atoms with Crippen LogP contribution in [0.2, 0.25) is 0 Å². The number of hydrogen-bond acceptors (Lipinski definition) is 13. The van der Waals surface area contributed by atoms with E-state index < -0.39 is 82.9 Å². The molecule has 21 atom stereocenters. The molecule has 1 aromatic rings. The van der Waals surface area contributed by atoms with E-state index in [-0.39, 0.29) is 70.7 Å². The maximum absolute atomic E-state index is 14.4. The maximum Gasteiger partial charge on any atom is 1.00 e. The number of aromatic hydroxyl groups is 1. The minimum absolute atomic E-state index is 0. The smallest absolute Gasteiger partial charge is 0.550 e. The van der Waals surface area contributed by atoms with Crippen molar-refractivity contribution in [3.05, 3.63) is 53.1 Å². The van der Waals surface area contributed by atoms with Crippen LogP contribution in [0.15, 0.2) is 42.0 Å². The van der Waals surface area contributed by atoms with E-state index in [1.54, 1.807) is 25.1 Å². The molecule has 21 unspecified atom stereocenters. The van der Waals surface area contributed by atoms with E-state index in [2.05, 4.69) is 39.8 Å². The first-order valence-electron chi connectivity index (χ1n) is 28.4. The van der Waals surface area contributed by atoms with E-state index in [9.17, 15) is 39.9 Å². The molecule has 13 nitrogen and oxygen atoms in total. The first-order valence-corrected chi connectivity index (χ1v) is 28.4. The van der Waals surface area contributed by atoms with Gasteiger partial charge < -0.3 is 54.0 Å². The number of hydrogen-bond donors (Lipinski definition) is 4. The van der Waals surface area contributed by atoms with Gasteiger partial charge in [0.1, 0.15) is 23.4 Å². The van der Waals surface area contributed by atoms with Gasteiger partial charge in [-0.15, -0.1) is 0 Å². The number of ketones is 2. The van der Waals surface area contributed by atoms with Gasteiger partial charge in [-0.1, -0.05) is 80.0 Å². The Kier molecular flexibility index (Phi) is 18.5. The van der Waals surface area contributed by atoms with Crippen molar-refractivity contribution in [2.24, 2.45) is 52.8 Å². The number of carbonyl (C=O) groups excluding carboxylic acids is 3. The molecule has 14 heteroatoms. The van der Waals surface area contributed by atoms with Gasteiger partial charge in [-0.3, -0.25) is 9.59 Å². The van der Waals surface area contributed by atoms with Crippen molar-refractivity contribution in [1.82, 2.24) is 0 Å². The van der Waals surface area contributed by atoms with Crippen LogP contribution in [0.3, 0.4) is 0 Å². The number of fused-ring (bicyclic) bond motifs is 5. The number of aliphatic hydroxyl groups excluding tert-OH is 2. The van der Waals surface area contributed by atoms with Crippen molar-refractivity contribution in [2.75, 3.05) is 0 Å². The van der Waals surface area contributed by atoms with E-state index in [0.717, 1.165) is 38.5 Å². The number of carboxylic acids is 1. The summed E-state index contributed by atoms with van der Waals surface area (Å²) in [5.41, 5.74) is 2.40. The number of Topliss-reactive ketones (excluding diaryl/α,β-unsaturated/α-hetero) is 2. The molecule has 9 rings (SSSR count). The summed E-state index contributed by atoms with van der Waals surface area (Å²) >= 11 is 0. The number of phenolic OH excluding ortho intramolecular Hbond substituents is 1. The Morgan fingerprint density at radius 1 is 0.878 bits per heavy atom. The van der Waals surface area contributed by atoms with E-state index in [0.29, 0.717) is 81.2 Å². The number of phenols is 1. The van der Waals surface area contributed by atoms with Gasteiger partial charge in [0, 0.05) is 59.7 Å². The number of benzene rings is 1. The number of aliphatic hydroxyl groups is 3. The summed E-state index contributed by atoms with van der Waals surface area (Å²) in [6, 6.07) is 5.79. The van der Waals surface area contributed by atoms with Crippen LogP contribution in [-0.4, -0.2) is 103 Å². The van der Waals surface area contributed by atoms with Crippen LogP contribution in [0, 0.1) is 52.8 Å². The van der Waals surface area contributed by atoms with E-state index in [4.69, 9.17) is 23.7 Å². The van der Waals surface area contributed by atoms with Crippen molar-refractivity contribution in [2.45, 2.75) is 244 Å². The number of carboxylic acid groups (broad SMARTS) is 1. The van der Waals surface area contributed by atoms with Crippen LogP contribution in [0.4, 0.5) is 0 Å². The molecule has 2 saturated carbocycles. The second kappa shape index (κ2) is 23.0. The quantitative estimate of drug-likeness (QED) is 0.149. The second-order valence-corrected chi connectivity index (χ2v) is 24.7. The molecule has 2 spiro atoms. The SMILES string of the molecule is CC12CCC3C(=CCc4cc(O)ccc43)C1CCC2=O.CCC(C(=O)[O-])C1CCC(C)C(C(C)C(O)C(C)C(=O)C(CC)C2OC3(C=CC(O)C4(CCC(C)(C5CCC(O)(CC)C(C)O5)O4)O3)C(C)CC2C)O1.[Na+]. The summed E-state index contributed by atoms with van der Waals surface area (Å²) in [7, 11) is 0. The van der Waals surface area contributed by atoms with Crippen molar-refractivity contribution >= 4 is 17.5 Å². The van der Waals surface area contributed by atoms with Crippen molar-refractivity contribution < 1.29 is 93.2 Å². The van der Waals surface area contributed by atoms with Crippen molar-refractivity contribution in [1.29, 1.82) is 0 Å². The molecule has 5 aliphatic heterocycles. The molecular formula is C60H89NaO13. The van der Waals surface area contributed by atoms with Gasteiger partial charge in [-0.2, -0.15) is 0 Å². The first-order chi connectivity index (χ1) is 34.4. The monoisotopic (exact) mass is 1040 g/mol. The number of allylic oxidation sites excluding steroid dienone is 2. The molecule has 0 aromatic heterocycles. The molecule has 0 radical (unpaired) electrons. The molecule has 4 N–H and O–H groups in total. The van der Waals surface area contributed by atoms with Gasteiger partial charge >= 0.3 is 29.6 Å². The van der Waals surface area contributed by atoms with Crippen LogP contribution in [0.5, 0.6) is 5.75 Å². The van der Waals surface area contributed by atoms with Crippen LogP contribution in [0.1, 0.15) is 183 Å². The Morgan fingerprint density at radius 2 is 1.59 bits per heavy atom. The van der Waals surface area contributed by atoms with Crippen LogP contribution in [0.25, 0.3) is 0 Å². The molecule has 0 amide bonds. The molecule has 6 fully saturated rings. The fourth-order valence-corrected chi connectivity index (χ4v) is 15.2. The normalized spacial score (nSPS) is 42.5. The Labute approximate surface area is 463 Å². The topological polar surface area (TPSA) is 201 Å². The Hall–Kier alpha value is -2.01. The standard InChI is InChI=1S/C42H70O11.C18H20O2.Na/c1-11-29(38(46)47)31-15-14-23(4)36(50-31)27(8)34(44)26(7)35(45)30(12-2)37-24(5)22-25(6)41(51-37)19-16-32(43)42(53-41)21-20-39(10,52-42)33-17-18-40(48,13-3)28(9)49-33;1-18-9-8-14-13-5-3-12(19)10-11(13)2-4-15(14)16(18)6-7-17(18)20;/h16,19,23-34,36-37,43-44,48H,11-15,17-18,20-22H2,1-10H3,(H,46,47);3-5,10,14,16,19H,2,6-9H2,1H3;/q;;+1/p-1. The summed E-state index contributed by atoms with van der Waals surface area (Å²) in [5, 5.41) is 55.6. The Balaban J connectivity index is 0.000000314. The molecule has 0 bridgehead atoms. The third-order valence-electron chi connectivity index (χ3n) is 20.3. The minimum atomic E-state index is -1.37. The van der Waals surface area contributed by atoms with E-state index >= 15 is 0 Å². The van der Waals surface area contributed by atoms with Gasteiger partial charge in [0.2, 0.25) is 5.79 Å². The first kappa shape index (κ1) is 59.6. The fourth-order valence-electron chi connectivity index (χ4n) is 15.2. The summed E-state index contributed by atoms with van der Waals surface area (Å²) in [6.07, 6.45) is 12.3. The average molecular weight is 1040 g/mol. The van der Waals surface area contributed by atoms with Crippen molar-refractivity contribution in [3.8, 4) is 5.75 Å². The van der Waals surface area contributed by atoms with Gasteiger partial charge in [0.15, 0.2) is 5.79 Å². The molecule has 74 heavy (non-hydrogen) atoms. The van der Waals surface area contributed by atoms with Gasteiger partial charge in [-0.05, 0) is 150 Å². The fraction of sp³-hybridized carbons (Fsp3) is 0.783. The largest absolute Gasteiger partial charge is 1.00 e. The Bertz CT molecular complexity index is 2250. The molecule has 1 aromatic carbocycles. The Morgan fingerprint density at radius 3 is 2.26 bits per heavy atom. The molecule has 408 valence electrons. The van der Waals surface area contributed by atoms with Crippen LogP contribution < -0.4 is 34.7 Å². The number of ether oxygens (including phenoxy) is 5. The summed E-state index contributed by atoms with van der Waals surface area (Å²) < 4.78 is 33.4. The third-order valence-corrected chi connectivity index (χ3v) is 20.3. The third kappa shape index (κ3) is 10.9. The van der Waals surface area contributed by atoms with Crippen LogP contribution in [-0.2, 0) is 44.5 Å². The number of rotatable bonds is 12. The summed E-state index contributed by atoms with van der Waals surface area (Å²) in [5.74, 6) is -4.48. The minimum Gasteiger partial charge on any atom is -0.550 e. The predicted molar refractivity (Wildman–Crippen MR) is 274 cm³/mol. The van der Waals surface area contributed by atoms with E-state index in [1.165, 1.54) is 16.7 Å². The maximum atomic E-state index is 14.4. The zero-order valence-electron chi connectivity index (χ0n) is 46.8. The van der Waals surface area contributed by atoms with Crippen molar-refractivity contribution in [3.63, 3.8) is 0 Å². The van der Waals surface area contributed by atoms with E-state index in [1.807, 2.05) is 47.6 Å². The molecule has 5 heterocycles. The second-order valence-electron chi connectivity index (χ2n) is 24.7. The molecule has 3 aliphatic carbocycles. The van der Waals surface area contributed by atoms with Crippen LogP contribution >= 0.6 is 0 Å². The van der Waals surface area contributed by atoms with Gasteiger partial charge in [-0.25, -0.2) is 0 Å². The molecule has 8 aliphatic rings. The average Bonchev–Trinajstić information content (AvgIpc) is 3.87.